The fourth-order valence-corrected chi connectivity index (χ4v) is 1.55. The SMILES string of the molecule is CC(C)CC(O)CNC(=O)c1nc[nH]c1C(=O)O. The smallest absolute Gasteiger partial charge is 0.354 e. The fourth-order valence-electron chi connectivity index (χ4n) is 1.55. The average molecular weight is 255 g/mol. The zero-order chi connectivity index (χ0) is 13.7. The van der Waals surface area contributed by atoms with E-state index in [1.165, 1.54) is 0 Å². The minimum atomic E-state index is -1.25. The highest BCUT2D eigenvalue weighted by atomic mass is 16.4. The van der Waals surface area contributed by atoms with Crippen LogP contribution in [0, 0.1) is 5.92 Å². The molecule has 7 heteroatoms. The van der Waals surface area contributed by atoms with Gasteiger partial charge >= 0.3 is 5.97 Å². The van der Waals surface area contributed by atoms with Crippen LogP contribution < -0.4 is 5.32 Å². The Hall–Kier alpha value is -1.89. The maximum absolute atomic E-state index is 11.7. The second-order valence-corrected chi connectivity index (χ2v) is 4.42. The van der Waals surface area contributed by atoms with E-state index in [1.54, 1.807) is 0 Å². The Kier molecular flexibility index (Phi) is 4.85. The Bertz CT molecular complexity index is 428. The van der Waals surface area contributed by atoms with Gasteiger partial charge in [0.2, 0.25) is 0 Å². The molecular formula is C11H17N3O4. The van der Waals surface area contributed by atoms with Gasteiger partial charge in [-0.1, -0.05) is 13.8 Å². The zero-order valence-electron chi connectivity index (χ0n) is 10.3. The molecule has 18 heavy (non-hydrogen) atoms. The number of amides is 1. The van der Waals surface area contributed by atoms with Crippen molar-refractivity contribution < 1.29 is 19.8 Å². The topological polar surface area (TPSA) is 115 Å². The molecule has 0 radical (unpaired) electrons. The first-order chi connectivity index (χ1) is 8.41. The summed E-state index contributed by atoms with van der Waals surface area (Å²) in [7, 11) is 0. The van der Waals surface area contributed by atoms with Crippen LogP contribution in [-0.2, 0) is 0 Å². The van der Waals surface area contributed by atoms with Crippen LogP contribution in [0.1, 0.15) is 41.2 Å². The molecule has 0 saturated heterocycles. The van der Waals surface area contributed by atoms with Gasteiger partial charge in [-0.25, -0.2) is 9.78 Å². The number of imidazole rings is 1. The number of rotatable bonds is 6. The van der Waals surface area contributed by atoms with Crippen molar-refractivity contribution in [1.82, 2.24) is 15.3 Å². The summed E-state index contributed by atoms with van der Waals surface area (Å²) >= 11 is 0. The number of carboxylic acid groups (broad SMARTS) is 1. The molecule has 0 fully saturated rings. The Labute approximate surface area is 104 Å². The molecule has 0 aliphatic carbocycles. The van der Waals surface area contributed by atoms with Gasteiger partial charge in [-0.05, 0) is 12.3 Å². The monoisotopic (exact) mass is 255 g/mol. The highest BCUT2D eigenvalue weighted by Gasteiger charge is 2.20. The maximum Gasteiger partial charge on any atom is 0.354 e. The molecule has 1 amide bonds. The Morgan fingerprint density at radius 2 is 2.17 bits per heavy atom. The van der Waals surface area contributed by atoms with E-state index in [9.17, 15) is 14.7 Å². The number of hydrogen-bond acceptors (Lipinski definition) is 4. The number of carbonyl (C=O) groups excluding carboxylic acids is 1. The van der Waals surface area contributed by atoms with E-state index in [2.05, 4.69) is 15.3 Å². The molecule has 1 atom stereocenters. The van der Waals surface area contributed by atoms with E-state index in [0.29, 0.717) is 12.3 Å². The molecule has 0 aliphatic heterocycles. The van der Waals surface area contributed by atoms with Gasteiger partial charge < -0.3 is 20.5 Å². The molecule has 4 N–H and O–H groups in total. The van der Waals surface area contributed by atoms with E-state index in [0.717, 1.165) is 6.33 Å². The lowest BCUT2D eigenvalue weighted by atomic mass is 10.1. The Balaban J connectivity index is 2.55. The minimum absolute atomic E-state index is 0.0724. The van der Waals surface area contributed by atoms with Crippen LogP contribution in [0.2, 0.25) is 0 Å². The van der Waals surface area contributed by atoms with Gasteiger partial charge in [0, 0.05) is 6.54 Å². The standard InChI is InChI=1S/C11H17N3O4/c1-6(2)3-7(15)4-12-10(16)8-9(11(17)18)14-5-13-8/h5-7,15H,3-4H2,1-2H3,(H,12,16)(H,13,14)(H,17,18). The third kappa shape index (κ3) is 3.85. The molecule has 0 saturated carbocycles. The van der Waals surface area contributed by atoms with E-state index in [1.807, 2.05) is 13.8 Å². The lowest BCUT2D eigenvalue weighted by Gasteiger charge is -2.13. The largest absolute Gasteiger partial charge is 0.477 e. The second-order valence-electron chi connectivity index (χ2n) is 4.42. The molecule has 7 nitrogen and oxygen atoms in total. The van der Waals surface area contributed by atoms with Crippen molar-refractivity contribution >= 4 is 11.9 Å². The molecule has 0 aromatic carbocycles. The Morgan fingerprint density at radius 1 is 1.50 bits per heavy atom. The molecule has 0 spiro atoms. The highest BCUT2D eigenvalue weighted by molar-refractivity contribution is 6.02. The third-order valence-electron chi connectivity index (χ3n) is 2.31. The lowest BCUT2D eigenvalue weighted by molar-refractivity contribution is 0.0684. The molecule has 1 aromatic rings. The van der Waals surface area contributed by atoms with Crippen LogP contribution >= 0.6 is 0 Å². The lowest BCUT2D eigenvalue weighted by Crippen LogP contribution is -2.33. The van der Waals surface area contributed by atoms with Crippen LogP contribution in [0.25, 0.3) is 0 Å². The van der Waals surface area contributed by atoms with Gasteiger partial charge in [0.25, 0.3) is 5.91 Å². The van der Waals surface area contributed by atoms with Gasteiger partial charge in [0.1, 0.15) is 0 Å². The van der Waals surface area contributed by atoms with E-state index in [4.69, 9.17) is 5.11 Å². The van der Waals surface area contributed by atoms with Crippen molar-refractivity contribution in [1.29, 1.82) is 0 Å². The van der Waals surface area contributed by atoms with Gasteiger partial charge in [-0.3, -0.25) is 4.79 Å². The van der Waals surface area contributed by atoms with Crippen molar-refractivity contribution in [2.45, 2.75) is 26.4 Å². The van der Waals surface area contributed by atoms with Gasteiger partial charge in [0.05, 0.1) is 12.4 Å². The highest BCUT2D eigenvalue weighted by Crippen LogP contribution is 2.05. The van der Waals surface area contributed by atoms with Crippen LogP contribution in [0.3, 0.4) is 0 Å². The Morgan fingerprint density at radius 3 is 2.72 bits per heavy atom. The van der Waals surface area contributed by atoms with E-state index < -0.39 is 18.0 Å². The first-order valence-electron chi connectivity index (χ1n) is 5.64. The predicted molar refractivity (Wildman–Crippen MR) is 63.3 cm³/mol. The van der Waals surface area contributed by atoms with Crippen molar-refractivity contribution in [2.24, 2.45) is 5.92 Å². The summed E-state index contributed by atoms with van der Waals surface area (Å²) in [5, 5.41) is 20.8. The number of nitrogens with zero attached hydrogens (tertiary/aromatic N) is 1. The molecule has 0 aliphatic rings. The van der Waals surface area contributed by atoms with Crippen molar-refractivity contribution in [3.05, 3.63) is 17.7 Å². The van der Waals surface area contributed by atoms with Gasteiger partial charge in [-0.15, -0.1) is 0 Å². The molecular weight excluding hydrogens is 238 g/mol. The molecule has 0 bridgehead atoms. The van der Waals surface area contributed by atoms with Crippen molar-refractivity contribution in [3.8, 4) is 0 Å². The number of nitrogens with one attached hydrogen (secondary N) is 2. The number of aliphatic hydroxyl groups excluding tert-OH is 1. The summed E-state index contributed by atoms with van der Waals surface area (Å²) < 4.78 is 0. The van der Waals surface area contributed by atoms with Crippen LogP contribution in [0.15, 0.2) is 6.33 Å². The molecule has 1 unspecified atom stereocenters. The summed E-state index contributed by atoms with van der Waals surface area (Å²) in [4.78, 5) is 28.4. The number of H-pyrrole nitrogens is 1. The van der Waals surface area contributed by atoms with Crippen molar-refractivity contribution in [2.75, 3.05) is 6.54 Å². The number of carbonyl (C=O) groups is 2. The summed E-state index contributed by atoms with van der Waals surface area (Å²) in [5.41, 5.74) is -0.440. The first kappa shape index (κ1) is 14.2. The normalized spacial score (nSPS) is 12.4. The summed E-state index contributed by atoms with van der Waals surface area (Å²) in [6.07, 6.45) is 1.05. The molecule has 1 heterocycles. The van der Waals surface area contributed by atoms with Crippen molar-refractivity contribution in [3.63, 3.8) is 0 Å². The quantitative estimate of drug-likeness (QED) is 0.581. The summed E-state index contributed by atoms with van der Waals surface area (Å²) in [5.74, 6) is -1.55. The number of hydrogen-bond donors (Lipinski definition) is 4. The second kappa shape index (κ2) is 6.15. The average Bonchev–Trinajstić information content (AvgIpc) is 2.73. The third-order valence-corrected chi connectivity index (χ3v) is 2.31. The van der Waals surface area contributed by atoms with Crippen LogP contribution in [-0.4, -0.2) is 44.7 Å². The summed E-state index contributed by atoms with van der Waals surface area (Å²) in [6, 6.07) is 0. The van der Waals surface area contributed by atoms with Gasteiger partial charge in [-0.2, -0.15) is 0 Å². The molecule has 1 aromatic heterocycles. The summed E-state index contributed by atoms with van der Waals surface area (Å²) in [6.45, 7) is 3.99. The zero-order valence-corrected chi connectivity index (χ0v) is 10.3. The first-order valence-corrected chi connectivity index (χ1v) is 5.64. The van der Waals surface area contributed by atoms with Crippen LogP contribution in [0.4, 0.5) is 0 Å². The number of carboxylic acids is 1. The van der Waals surface area contributed by atoms with E-state index >= 15 is 0 Å². The van der Waals surface area contributed by atoms with E-state index in [-0.39, 0.29) is 17.9 Å². The number of aromatic carboxylic acids is 1. The fraction of sp³-hybridized carbons (Fsp3) is 0.545. The number of aromatic amines is 1. The molecule has 100 valence electrons. The van der Waals surface area contributed by atoms with Gasteiger partial charge in [0.15, 0.2) is 11.4 Å². The maximum atomic E-state index is 11.7. The molecule has 1 rings (SSSR count). The number of aromatic nitrogens is 2. The van der Waals surface area contributed by atoms with Crippen LogP contribution in [0.5, 0.6) is 0 Å². The minimum Gasteiger partial charge on any atom is -0.477 e. The number of aliphatic hydroxyl groups is 1. The predicted octanol–water partition coefficient (Wildman–Crippen LogP) is 0.245.